The van der Waals surface area contributed by atoms with Crippen LogP contribution in [0.3, 0.4) is 0 Å². The van der Waals surface area contributed by atoms with E-state index in [4.69, 9.17) is 5.11 Å². The molecule has 4 heteroatoms. The Bertz CT molecular complexity index is 323. The van der Waals surface area contributed by atoms with Crippen LogP contribution in [0.15, 0.2) is 12.1 Å². The Hall–Kier alpha value is -1.03. The van der Waals surface area contributed by atoms with E-state index in [1.165, 1.54) is 37.0 Å². The summed E-state index contributed by atoms with van der Waals surface area (Å²) in [6.45, 7) is 3.14. The summed E-state index contributed by atoms with van der Waals surface area (Å²) in [7, 11) is 0. The van der Waals surface area contributed by atoms with Crippen molar-refractivity contribution in [3.63, 3.8) is 0 Å². The molecular weight excluding hydrogens is 222 g/mol. The van der Waals surface area contributed by atoms with Gasteiger partial charge in [0.15, 0.2) is 0 Å². The molecule has 0 aliphatic heterocycles. The van der Waals surface area contributed by atoms with Gasteiger partial charge in [0, 0.05) is 6.54 Å². The summed E-state index contributed by atoms with van der Waals surface area (Å²) in [6.07, 6.45) is 6.27. The normalized spacial score (nSPS) is 10.3. The lowest BCUT2D eigenvalue weighted by atomic mass is 10.1. The van der Waals surface area contributed by atoms with Crippen molar-refractivity contribution >= 4 is 22.3 Å². The fourth-order valence-corrected chi connectivity index (χ4v) is 2.26. The highest BCUT2D eigenvalue weighted by atomic mass is 32.1. The third kappa shape index (κ3) is 4.66. The summed E-state index contributed by atoms with van der Waals surface area (Å²) in [5.41, 5.74) is 0. The number of hydrogen-bond acceptors (Lipinski definition) is 3. The van der Waals surface area contributed by atoms with Crippen LogP contribution in [0.1, 0.15) is 48.7 Å². The van der Waals surface area contributed by atoms with E-state index in [2.05, 4.69) is 12.2 Å². The minimum absolute atomic E-state index is 0.397. The highest BCUT2D eigenvalue weighted by Gasteiger charge is 2.05. The van der Waals surface area contributed by atoms with Gasteiger partial charge >= 0.3 is 5.97 Å². The number of carboxylic acids is 1. The van der Waals surface area contributed by atoms with Crippen molar-refractivity contribution in [3.05, 3.63) is 17.0 Å². The van der Waals surface area contributed by atoms with Crippen molar-refractivity contribution in [2.75, 3.05) is 11.9 Å². The molecule has 16 heavy (non-hydrogen) atoms. The smallest absolute Gasteiger partial charge is 0.345 e. The number of carboxylic acid groups (broad SMARTS) is 1. The van der Waals surface area contributed by atoms with Crippen LogP contribution in [-0.4, -0.2) is 17.6 Å². The fraction of sp³-hybridized carbons (Fsp3) is 0.583. The van der Waals surface area contributed by atoms with Gasteiger partial charge in [0.2, 0.25) is 0 Å². The standard InChI is InChI=1S/C12H19NO2S/c1-2-3-4-5-6-9-13-11-8-7-10(16-11)12(14)15/h7-8,13H,2-6,9H2,1H3,(H,14,15). The van der Waals surface area contributed by atoms with Crippen LogP contribution in [0.2, 0.25) is 0 Å². The second-order valence-electron chi connectivity index (χ2n) is 3.81. The van der Waals surface area contributed by atoms with Crippen LogP contribution in [-0.2, 0) is 0 Å². The molecule has 0 aliphatic rings. The first kappa shape index (κ1) is 13.0. The zero-order valence-corrected chi connectivity index (χ0v) is 10.5. The Morgan fingerprint density at radius 3 is 2.69 bits per heavy atom. The molecule has 2 N–H and O–H groups in total. The molecule has 0 spiro atoms. The zero-order valence-electron chi connectivity index (χ0n) is 9.66. The summed E-state index contributed by atoms with van der Waals surface area (Å²) >= 11 is 1.30. The largest absolute Gasteiger partial charge is 0.477 e. The van der Waals surface area contributed by atoms with Crippen LogP contribution < -0.4 is 5.32 Å². The molecule has 90 valence electrons. The van der Waals surface area contributed by atoms with E-state index in [0.29, 0.717) is 4.88 Å². The van der Waals surface area contributed by atoms with Crippen LogP contribution in [0.4, 0.5) is 5.00 Å². The van der Waals surface area contributed by atoms with E-state index in [-0.39, 0.29) is 0 Å². The van der Waals surface area contributed by atoms with Gasteiger partial charge in [-0.2, -0.15) is 0 Å². The lowest BCUT2D eigenvalue weighted by Gasteiger charge is -2.02. The minimum Gasteiger partial charge on any atom is -0.477 e. The molecule has 0 aliphatic carbocycles. The number of anilines is 1. The molecule has 1 aromatic rings. The molecule has 1 rings (SSSR count). The molecule has 1 heterocycles. The number of nitrogens with one attached hydrogen (secondary N) is 1. The van der Waals surface area contributed by atoms with E-state index >= 15 is 0 Å². The topological polar surface area (TPSA) is 49.3 Å². The van der Waals surface area contributed by atoms with Crippen molar-refractivity contribution in [2.45, 2.75) is 39.0 Å². The van der Waals surface area contributed by atoms with E-state index < -0.39 is 5.97 Å². The predicted molar refractivity (Wildman–Crippen MR) is 68.5 cm³/mol. The number of hydrogen-bond donors (Lipinski definition) is 2. The van der Waals surface area contributed by atoms with E-state index in [1.807, 2.05) is 6.07 Å². The van der Waals surface area contributed by atoms with Gasteiger partial charge < -0.3 is 10.4 Å². The molecule has 0 fully saturated rings. The molecule has 0 saturated heterocycles. The Morgan fingerprint density at radius 2 is 2.06 bits per heavy atom. The maximum absolute atomic E-state index is 10.6. The summed E-state index contributed by atoms with van der Waals surface area (Å²) < 4.78 is 0. The number of rotatable bonds is 8. The summed E-state index contributed by atoms with van der Waals surface area (Å²) in [6, 6.07) is 3.48. The van der Waals surface area contributed by atoms with E-state index in [1.54, 1.807) is 6.07 Å². The van der Waals surface area contributed by atoms with Gasteiger partial charge in [-0.15, -0.1) is 11.3 Å². The van der Waals surface area contributed by atoms with Crippen LogP contribution in [0, 0.1) is 0 Å². The van der Waals surface area contributed by atoms with Gasteiger partial charge in [-0.3, -0.25) is 0 Å². The molecule has 1 aromatic heterocycles. The Balaban J connectivity index is 2.14. The number of aromatic carboxylic acids is 1. The molecule has 0 aromatic carbocycles. The second kappa shape index (κ2) is 7.28. The first-order valence-corrected chi connectivity index (χ1v) is 6.62. The minimum atomic E-state index is -0.846. The van der Waals surface area contributed by atoms with Gasteiger partial charge in [-0.25, -0.2) is 4.79 Å². The third-order valence-electron chi connectivity index (χ3n) is 2.40. The van der Waals surface area contributed by atoms with Crippen molar-refractivity contribution in [1.29, 1.82) is 0 Å². The summed E-state index contributed by atoms with van der Waals surface area (Å²) in [5, 5.41) is 13.0. The lowest BCUT2D eigenvalue weighted by Crippen LogP contribution is -1.99. The number of thiophene rings is 1. The molecule has 0 unspecified atom stereocenters. The average Bonchev–Trinajstić information content (AvgIpc) is 2.72. The highest BCUT2D eigenvalue weighted by molar-refractivity contribution is 7.17. The van der Waals surface area contributed by atoms with Crippen molar-refractivity contribution in [1.82, 2.24) is 0 Å². The molecule has 0 saturated carbocycles. The number of carbonyl (C=O) groups is 1. The monoisotopic (exact) mass is 241 g/mol. The maximum Gasteiger partial charge on any atom is 0.345 e. The molecule has 0 radical (unpaired) electrons. The van der Waals surface area contributed by atoms with E-state index in [0.717, 1.165) is 18.0 Å². The van der Waals surface area contributed by atoms with Gasteiger partial charge in [0.25, 0.3) is 0 Å². The summed E-state index contributed by atoms with van der Waals surface area (Å²) in [5.74, 6) is -0.846. The number of unbranched alkanes of at least 4 members (excludes halogenated alkanes) is 4. The SMILES string of the molecule is CCCCCCCNc1ccc(C(=O)O)s1. The third-order valence-corrected chi connectivity index (χ3v) is 3.43. The predicted octanol–water partition coefficient (Wildman–Crippen LogP) is 3.83. The van der Waals surface area contributed by atoms with Crippen LogP contribution in [0.5, 0.6) is 0 Å². The average molecular weight is 241 g/mol. The second-order valence-corrected chi connectivity index (χ2v) is 4.89. The first-order valence-electron chi connectivity index (χ1n) is 5.81. The Kier molecular flexibility index (Phi) is 5.93. The Labute approximate surface area is 100 Å². The fourth-order valence-electron chi connectivity index (χ4n) is 1.49. The van der Waals surface area contributed by atoms with E-state index in [9.17, 15) is 4.79 Å². The molecule has 3 nitrogen and oxygen atoms in total. The van der Waals surface area contributed by atoms with Gasteiger partial charge in [-0.1, -0.05) is 32.6 Å². The lowest BCUT2D eigenvalue weighted by molar-refractivity contribution is 0.0702. The van der Waals surface area contributed by atoms with Gasteiger partial charge in [0.1, 0.15) is 4.88 Å². The van der Waals surface area contributed by atoms with Crippen molar-refractivity contribution in [3.8, 4) is 0 Å². The van der Waals surface area contributed by atoms with Crippen LogP contribution >= 0.6 is 11.3 Å². The molecule has 0 amide bonds. The maximum atomic E-state index is 10.6. The highest BCUT2D eigenvalue weighted by Crippen LogP contribution is 2.21. The van der Waals surface area contributed by atoms with Crippen molar-refractivity contribution in [2.24, 2.45) is 0 Å². The van der Waals surface area contributed by atoms with Gasteiger partial charge in [0.05, 0.1) is 5.00 Å². The molecule has 0 bridgehead atoms. The molecular formula is C12H19NO2S. The van der Waals surface area contributed by atoms with Crippen LogP contribution in [0.25, 0.3) is 0 Å². The molecule has 0 atom stereocenters. The zero-order chi connectivity index (χ0) is 11.8. The van der Waals surface area contributed by atoms with Gasteiger partial charge in [-0.05, 0) is 18.6 Å². The first-order chi connectivity index (χ1) is 7.74. The Morgan fingerprint density at radius 1 is 1.31 bits per heavy atom. The summed E-state index contributed by atoms with van der Waals surface area (Å²) in [4.78, 5) is 11.0. The quantitative estimate of drug-likeness (QED) is 0.680. The van der Waals surface area contributed by atoms with Crippen molar-refractivity contribution < 1.29 is 9.90 Å².